The Balaban J connectivity index is 1.65. The summed E-state index contributed by atoms with van der Waals surface area (Å²) in [4.78, 5) is 24.7. The zero-order valence-electron chi connectivity index (χ0n) is 19.2. The number of benzene rings is 2. The van der Waals surface area contributed by atoms with E-state index in [9.17, 15) is 18.0 Å². The Kier molecular flexibility index (Phi) is 9.50. The van der Waals surface area contributed by atoms with E-state index < -0.39 is 15.9 Å². The molecule has 0 saturated heterocycles. The number of amides is 1. The van der Waals surface area contributed by atoms with E-state index in [-0.39, 0.29) is 36.0 Å². The number of carbonyl (C=O) groups excluding carboxylic acids is 2. The fourth-order valence-corrected chi connectivity index (χ4v) is 5.59. The molecule has 34 heavy (non-hydrogen) atoms. The number of rotatable bonds is 10. The highest BCUT2D eigenvalue weighted by atomic mass is 35.5. The van der Waals surface area contributed by atoms with Crippen molar-refractivity contribution in [3.63, 3.8) is 0 Å². The minimum absolute atomic E-state index is 0.0134. The van der Waals surface area contributed by atoms with Crippen LogP contribution in [0.2, 0.25) is 5.02 Å². The molecule has 1 fully saturated rings. The number of ether oxygens (including phenoxy) is 2. The highest BCUT2D eigenvalue weighted by Crippen LogP contribution is 2.30. The minimum Gasteiger partial charge on any atom is -0.464 e. The number of halogens is 1. The van der Waals surface area contributed by atoms with Gasteiger partial charge in [-0.25, -0.2) is 17.5 Å². The van der Waals surface area contributed by atoms with Gasteiger partial charge in [-0.3, -0.25) is 4.79 Å². The Morgan fingerprint density at radius 1 is 1.00 bits per heavy atom. The quantitative estimate of drug-likeness (QED) is 0.433. The van der Waals surface area contributed by atoms with Crippen molar-refractivity contribution in [3.05, 3.63) is 65.2 Å². The lowest BCUT2D eigenvalue weighted by Crippen LogP contribution is -2.38. The summed E-state index contributed by atoms with van der Waals surface area (Å²) in [5.74, 6) is -0.664. The second kappa shape index (κ2) is 12.3. The predicted molar refractivity (Wildman–Crippen MR) is 129 cm³/mol. The molecule has 2 aromatic rings. The fourth-order valence-electron chi connectivity index (χ4n) is 4.06. The largest absolute Gasteiger partial charge is 0.464 e. The summed E-state index contributed by atoms with van der Waals surface area (Å²) in [5.41, 5.74) is 0.316. The Labute approximate surface area is 206 Å². The van der Waals surface area contributed by atoms with E-state index in [0.29, 0.717) is 23.6 Å². The van der Waals surface area contributed by atoms with Crippen molar-refractivity contribution in [2.24, 2.45) is 5.92 Å². The SMILES string of the molecule is CCOC(=O)CO[C@H]1CC[C@H](CCN(C(=O)c2ccccc2)S(=O)(=O)c2ccc(Cl)cc2)CC1. The zero-order chi connectivity index (χ0) is 24.6. The first-order valence-corrected chi connectivity index (χ1v) is 13.3. The zero-order valence-corrected chi connectivity index (χ0v) is 20.8. The standard InChI is InChI=1S/C25H30ClNO6S/c1-2-32-24(28)18-33-22-12-8-19(9-13-22)16-17-27(25(29)20-6-4-3-5-7-20)34(30,31)23-14-10-21(26)11-15-23/h3-7,10-11,14-15,19,22H,2,8-9,12-13,16-18H2,1H3/t19-,22-. The molecule has 9 heteroatoms. The summed E-state index contributed by atoms with van der Waals surface area (Å²) < 4.78 is 38.3. The van der Waals surface area contributed by atoms with Crippen molar-refractivity contribution in [1.82, 2.24) is 4.31 Å². The van der Waals surface area contributed by atoms with E-state index in [4.69, 9.17) is 21.1 Å². The molecule has 2 aromatic carbocycles. The van der Waals surface area contributed by atoms with Gasteiger partial charge in [0.15, 0.2) is 0 Å². The summed E-state index contributed by atoms with van der Waals surface area (Å²) in [5, 5.41) is 0.418. The normalized spacial score (nSPS) is 18.3. The predicted octanol–water partition coefficient (Wildman–Crippen LogP) is 4.70. The number of sulfonamides is 1. The van der Waals surface area contributed by atoms with E-state index in [1.807, 2.05) is 0 Å². The number of nitrogens with zero attached hydrogens (tertiary/aromatic N) is 1. The summed E-state index contributed by atoms with van der Waals surface area (Å²) in [6.07, 6.45) is 3.77. The van der Waals surface area contributed by atoms with Gasteiger partial charge in [-0.2, -0.15) is 0 Å². The highest BCUT2D eigenvalue weighted by Gasteiger charge is 2.31. The lowest BCUT2D eigenvalue weighted by molar-refractivity contribution is -0.151. The van der Waals surface area contributed by atoms with Crippen LogP contribution >= 0.6 is 11.6 Å². The molecule has 1 aliphatic carbocycles. The molecular formula is C25H30ClNO6S. The van der Waals surface area contributed by atoms with E-state index >= 15 is 0 Å². The molecule has 7 nitrogen and oxygen atoms in total. The number of hydrogen-bond acceptors (Lipinski definition) is 6. The molecule has 0 N–H and O–H groups in total. The number of hydrogen-bond donors (Lipinski definition) is 0. The molecule has 0 atom stereocenters. The van der Waals surface area contributed by atoms with Gasteiger partial charge in [-0.05, 0) is 81.3 Å². The highest BCUT2D eigenvalue weighted by molar-refractivity contribution is 7.89. The fraction of sp³-hybridized carbons (Fsp3) is 0.440. The van der Waals surface area contributed by atoms with E-state index in [0.717, 1.165) is 30.0 Å². The van der Waals surface area contributed by atoms with Gasteiger partial charge in [0.2, 0.25) is 0 Å². The molecule has 0 bridgehead atoms. The molecular weight excluding hydrogens is 478 g/mol. The van der Waals surface area contributed by atoms with Gasteiger partial charge >= 0.3 is 5.97 Å². The first-order valence-electron chi connectivity index (χ1n) is 11.5. The summed E-state index contributed by atoms with van der Waals surface area (Å²) in [7, 11) is -4.05. The van der Waals surface area contributed by atoms with Crippen LogP contribution in [0, 0.1) is 5.92 Å². The van der Waals surface area contributed by atoms with Gasteiger partial charge in [0.1, 0.15) is 6.61 Å². The molecule has 1 amide bonds. The number of carbonyl (C=O) groups is 2. The van der Waals surface area contributed by atoms with Gasteiger partial charge in [0, 0.05) is 17.1 Å². The van der Waals surface area contributed by atoms with E-state index in [1.54, 1.807) is 37.3 Å². The van der Waals surface area contributed by atoms with E-state index in [2.05, 4.69) is 0 Å². The second-order valence-corrected chi connectivity index (χ2v) is 10.5. The maximum Gasteiger partial charge on any atom is 0.332 e. The first kappa shape index (κ1) is 26.2. The van der Waals surface area contributed by atoms with Crippen LogP contribution in [0.15, 0.2) is 59.5 Å². The van der Waals surface area contributed by atoms with Crippen molar-refractivity contribution in [1.29, 1.82) is 0 Å². The molecule has 0 aliphatic heterocycles. The number of esters is 1. The summed E-state index contributed by atoms with van der Waals surface area (Å²) >= 11 is 5.92. The van der Waals surface area contributed by atoms with Gasteiger partial charge in [-0.1, -0.05) is 29.8 Å². The van der Waals surface area contributed by atoms with Crippen LogP contribution in [0.3, 0.4) is 0 Å². The Hall–Kier alpha value is -2.42. The molecule has 0 spiro atoms. The average molecular weight is 508 g/mol. The van der Waals surface area contributed by atoms with Gasteiger partial charge in [0.05, 0.1) is 17.6 Å². The third kappa shape index (κ3) is 7.04. The molecule has 1 saturated carbocycles. The molecule has 3 rings (SSSR count). The van der Waals surface area contributed by atoms with Crippen LogP contribution in [0.25, 0.3) is 0 Å². The lowest BCUT2D eigenvalue weighted by Gasteiger charge is -2.30. The Morgan fingerprint density at radius 2 is 1.65 bits per heavy atom. The molecule has 1 aliphatic rings. The van der Waals surface area contributed by atoms with Gasteiger partial charge < -0.3 is 9.47 Å². The maximum absolute atomic E-state index is 13.4. The Morgan fingerprint density at radius 3 is 2.26 bits per heavy atom. The maximum atomic E-state index is 13.4. The van der Waals surface area contributed by atoms with Crippen molar-refractivity contribution < 1.29 is 27.5 Å². The van der Waals surface area contributed by atoms with Crippen LogP contribution in [0.1, 0.15) is 49.4 Å². The van der Waals surface area contributed by atoms with Crippen molar-refractivity contribution in [2.75, 3.05) is 19.8 Å². The minimum atomic E-state index is -4.05. The molecule has 0 heterocycles. The third-order valence-electron chi connectivity index (χ3n) is 5.93. The van der Waals surface area contributed by atoms with Crippen molar-refractivity contribution in [2.45, 2.75) is 50.0 Å². The van der Waals surface area contributed by atoms with Crippen molar-refractivity contribution >= 4 is 33.5 Å². The van der Waals surface area contributed by atoms with Crippen molar-refractivity contribution in [3.8, 4) is 0 Å². The topological polar surface area (TPSA) is 90.0 Å². The van der Waals surface area contributed by atoms with Crippen LogP contribution in [0.4, 0.5) is 0 Å². The summed E-state index contributed by atoms with van der Waals surface area (Å²) in [6, 6.07) is 14.2. The second-order valence-electron chi connectivity index (χ2n) is 8.25. The van der Waals surface area contributed by atoms with Gasteiger partial charge in [0.25, 0.3) is 15.9 Å². The molecule has 0 unspecified atom stereocenters. The Bertz CT molecular complexity index is 1050. The first-order chi connectivity index (χ1) is 16.3. The van der Waals surface area contributed by atoms with Crippen LogP contribution in [0.5, 0.6) is 0 Å². The van der Waals surface area contributed by atoms with Crippen LogP contribution in [-0.4, -0.2) is 50.5 Å². The third-order valence-corrected chi connectivity index (χ3v) is 7.97. The van der Waals surface area contributed by atoms with Crippen LogP contribution < -0.4 is 0 Å². The monoisotopic (exact) mass is 507 g/mol. The van der Waals surface area contributed by atoms with Gasteiger partial charge in [-0.15, -0.1) is 0 Å². The summed E-state index contributed by atoms with van der Waals surface area (Å²) in [6.45, 7) is 2.10. The lowest BCUT2D eigenvalue weighted by atomic mass is 9.85. The molecule has 0 radical (unpaired) electrons. The smallest absolute Gasteiger partial charge is 0.332 e. The molecule has 0 aromatic heterocycles. The van der Waals surface area contributed by atoms with E-state index in [1.165, 1.54) is 24.3 Å². The average Bonchev–Trinajstić information content (AvgIpc) is 2.84. The molecule has 184 valence electrons. The van der Waals surface area contributed by atoms with Crippen LogP contribution in [-0.2, 0) is 24.3 Å².